The van der Waals surface area contributed by atoms with Gasteiger partial charge in [0.2, 0.25) is 11.8 Å². The predicted octanol–water partition coefficient (Wildman–Crippen LogP) is 3.54. The van der Waals surface area contributed by atoms with Crippen molar-refractivity contribution in [3.8, 4) is 0 Å². The van der Waals surface area contributed by atoms with Crippen LogP contribution in [-0.4, -0.2) is 22.2 Å². The molecule has 1 aliphatic rings. The zero-order valence-corrected chi connectivity index (χ0v) is 15.5. The number of thioether (sulfide) groups is 1. The molecule has 122 valence electrons. The number of hydrogen-bond acceptors (Lipinski definition) is 4. The van der Waals surface area contributed by atoms with Crippen LogP contribution in [0.3, 0.4) is 0 Å². The Hall–Kier alpha value is -1.87. The number of amides is 2. The van der Waals surface area contributed by atoms with Crippen LogP contribution in [0.2, 0.25) is 0 Å². The summed E-state index contributed by atoms with van der Waals surface area (Å²) in [5.41, 5.74) is 1.52. The maximum atomic E-state index is 12.2. The Morgan fingerprint density at radius 3 is 2.62 bits per heavy atom. The van der Waals surface area contributed by atoms with Gasteiger partial charge in [0.1, 0.15) is 5.25 Å². The van der Waals surface area contributed by atoms with E-state index in [2.05, 4.69) is 38.2 Å². The van der Waals surface area contributed by atoms with Crippen molar-refractivity contribution in [2.75, 3.05) is 5.32 Å². The maximum Gasteiger partial charge on any atom is 0.240 e. The largest absolute Gasteiger partial charge is 0.325 e. The van der Waals surface area contributed by atoms with Crippen LogP contribution in [0.4, 0.5) is 11.4 Å². The lowest BCUT2D eigenvalue weighted by atomic mass is 10.2. The van der Waals surface area contributed by atoms with Crippen molar-refractivity contribution in [1.29, 1.82) is 0 Å². The number of para-hydroxylation sites is 2. The van der Waals surface area contributed by atoms with E-state index in [9.17, 15) is 9.59 Å². The van der Waals surface area contributed by atoms with Gasteiger partial charge in [-0.05, 0) is 46.9 Å². The number of rotatable bonds is 4. The first-order valence-electron chi connectivity index (χ1n) is 7.27. The van der Waals surface area contributed by atoms with E-state index in [0.29, 0.717) is 5.17 Å². The van der Waals surface area contributed by atoms with E-state index in [0.717, 1.165) is 14.9 Å². The predicted molar refractivity (Wildman–Crippen MR) is 105 cm³/mol. The van der Waals surface area contributed by atoms with Crippen molar-refractivity contribution < 1.29 is 9.59 Å². The second-order valence-corrected chi connectivity index (χ2v) is 7.43. The van der Waals surface area contributed by atoms with Crippen LogP contribution in [0.25, 0.3) is 0 Å². The molecule has 2 N–H and O–H groups in total. The molecule has 7 heteroatoms. The summed E-state index contributed by atoms with van der Waals surface area (Å²) in [6.45, 7) is 0. The normalized spacial score (nSPS) is 18.5. The number of anilines is 1. The molecule has 1 saturated heterocycles. The molecular weight excluding hydrogens is 437 g/mol. The van der Waals surface area contributed by atoms with Gasteiger partial charge in [-0.1, -0.05) is 42.1 Å². The monoisotopic (exact) mass is 451 g/mol. The lowest BCUT2D eigenvalue weighted by Gasteiger charge is -2.08. The molecule has 3 rings (SSSR count). The van der Waals surface area contributed by atoms with Crippen LogP contribution in [-0.2, 0) is 9.59 Å². The smallest absolute Gasteiger partial charge is 0.240 e. The molecule has 0 unspecified atom stereocenters. The number of nitrogens with one attached hydrogen (secondary N) is 2. The average molecular weight is 451 g/mol. The van der Waals surface area contributed by atoms with Crippen molar-refractivity contribution in [2.45, 2.75) is 11.7 Å². The molecule has 1 atom stereocenters. The fraction of sp³-hybridized carbons (Fsp3) is 0.118. The van der Waals surface area contributed by atoms with Crippen molar-refractivity contribution in [2.24, 2.45) is 4.99 Å². The summed E-state index contributed by atoms with van der Waals surface area (Å²) < 4.78 is 0.957. The number of benzene rings is 2. The molecule has 2 amide bonds. The lowest BCUT2D eigenvalue weighted by molar-refractivity contribution is -0.122. The molecular formula is C17H14IN3O2S. The van der Waals surface area contributed by atoms with E-state index in [4.69, 9.17) is 0 Å². The highest BCUT2D eigenvalue weighted by Gasteiger charge is 2.32. The van der Waals surface area contributed by atoms with E-state index < -0.39 is 5.25 Å². The molecule has 24 heavy (non-hydrogen) atoms. The minimum absolute atomic E-state index is 0.106. The first-order chi connectivity index (χ1) is 11.6. The van der Waals surface area contributed by atoms with Gasteiger partial charge in [-0.25, -0.2) is 4.99 Å². The van der Waals surface area contributed by atoms with Gasteiger partial charge in [0, 0.05) is 9.99 Å². The third-order valence-electron chi connectivity index (χ3n) is 3.28. The van der Waals surface area contributed by atoms with Gasteiger partial charge in [-0.2, -0.15) is 0 Å². The zero-order chi connectivity index (χ0) is 16.9. The summed E-state index contributed by atoms with van der Waals surface area (Å²) in [5.74, 6) is -0.375. The summed E-state index contributed by atoms with van der Waals surface area (Å²) in [7, 11) is 0. The molecule has 0 aliphatic carbocycles. The Bertz CT molecular complexity index is 795. The molecule has 0 radical (unpaired) electrons. The average Bonchev–Trinajstić information content (AvgIpc) is 2.90. The van der Waals surface area contributed by atoms with Gasteiger partial charge < -0.3 is 10.6 Å². The van der Waals surface area contributed by atoms with Gasteiger partial charge in [-0.15, -0.1) is 0 Å². The molecule has 0 saturated carbocycles. The van der Waals surface area contributed by atoms with Crippen LogP contribution in [0, 0.1) is 3.57 Å². The third-order valence-corrected chi connectivity index (χ3v) is 5.30. The van der Waals surface area contributed by atoms with Gasteiger partial charge in [-0.3, -0.25) is 9.59 Å². The summed E-state index contributed by atoms with van der Waals surface area (Å²) in [5, 5.41) is 5.63. The number of halogens is 1. The third kappa shape index (κ3) is 4.35. The number of carbonyl (C=O) groups excluding carboxylic acids is 2. The molecule has 5 nitrogen and oxygen atoms in total. The topological polar surface area (TPSA) is 70.6 Å². The molecule has 1 heterocycles. The van der Waals surface area contributed by atoms with Crippen LogP contribution in [0.5, 0.6) is 0 Å². The number of carbonyl (C=O) groups is 2. The number of amidine groups is 1. The van der Waals surface area contributed by atoms with Crippen molar-refractivity contribution in [3.05, 3.63) is 58.2 Å². The van der Waals surface area contributed by atoms with Gasteiger partial charge in [0.05, 0.1) is 11.4 Å². The lowest BCUT2D eigenvalue weighted by Crippen LogP contribution is -2.28. The Balaban J connectivity index is 1.62. The highest BCUT2D eigenvalue weighted by molar-refractivity contribution is 14.1. The molecule has 0 spiro atoms. The molecule has 0 aromatic heterocycles. The van der Waals surface area contributed by atoms with Crippen LogP contribution >= 0.6 is 34.4 Å². The Morgan fingerprint density at radius 1 is 1.17 bits per heavy atom. The highest BCUT2D eigenvalue weighted by Crippen LogP contribution is 2.26. The summed E-state index contributed by atoms with van der Waals surface area (Å²) >= 11 is 3.44. The molecule has 1 aliphatic heterocycles. The molecule has 2 aromatic carbocycles. The summed E-state index contributed by atoms with van der Waals surface area (Å²) in [6, 6.07) is 16.9. The zero-order valence-electron chi connectivity index (χ0n) is 12.5. The second-order valence-electron chi connectivity index (χ2n) is 5.08. The van der Waals surface area contributed by atoms with E-state index in [1.165, 1.54) is 11.8 Å². The van der Waals surface area contributed by atoms with Gasteiger partial charge in [0.15, 0.2) is 5.17 Å². The maximum absolute atomic E-state index is 12.2. The van der Waals surface area contributed by atoms with Gasteiger partial charge in [0.25, 0.3) is 0 Å². The SMILES string of the molecule is O=C(C[C@H]1SC(=Nc2ccccc2)NC1=O)Nc1ccccc1I. The van der Waals surface area contributed by atoms with E-state index >= 15 is 0 Å². The molecule has 0 bridgehead atoms. The van der Waals surface area contributed by atoms with Crippen LogP contribution in [0.1, 0.15) is 6.42 Å². The first-order valence-corrected chi connectivity index (χ1v) is 9.23. The Morgan fingerprint density at radius 2 is 1.88 bits per heavy atom. The standard InChI is InChI=1S/C17H14IN3O2S/c18-12-8-4-5-9-13(12)20-15(22)10-14-16(23)21-17(24-14)19-11-6-2-1-3-7-11/h1-9,14H,10H2,(H,20,22)(H,19,21,23)/t14-/m1/s1. The quantitative estimate of drug-likeness (QED) is 0.699. The van der Waals surface area contributed by atoms with Crippen LogP contribution < -0.4 is 10.6 Å². The fourth-order valence-electron chi connectivity index (χ4n) is 2.14. The summed E-state index contributed by atoms with van der Waals surface area (Å²) in [6.07, 6.45) is 0.106. The first kappa shape index (κ1) is 17.0. The van der Waals surface area contributed by atoms with E-state index in [1.54, 1.807) is 0 Å². The summed E-state index contributed by atoms with van der Waals surface area (Å²) in [4.78, 5) is 28.6. The molecule has 2 aromatic rings. The number of nitrogens with zero attached hydrogens (tertiary/aromatic N) is 1. The van der Waals surface area contributed by atoms with Gasteiger partial charge >= 0.3 is 0 Å². The minimum atomic E-state index is -0.464. The number of hydrogen-bond donors (Lipinski definition) is 2. The highest BCUT2D eigenvalue weighted by atomic mass is 127. The Labute approximate surface area is 157 Å². The Kier molecular flexibility index (Phi) is 5.52. The second kappa shape index (κ2) is 7.80. The molecule has 1 fully saturated rings. The van der Waals surface area contributed by atoms with Crippen molar-refractivity contribution in [3.63, 3.8) is 0 Å². The van der Waals surface area contributed by atoms with Crippen molar-refractivity contribution >= 4 is 62.7 Å². The minimum Gasteiger partial charge on any atom is -0.325 e. The van der Waals surface area contributed by atoms with E-state index in [-0.39, 0.29) is 18.2 Å². The van der Waals surface area contributed by atoms with E-state index in [1.807, 2.05) is 54.6 Å². The fourth-order valence-corrected chi connectivity index (χ4v) is 3.65. The van der Waals surface area contributed by atoms with Crippen molar-refractivity contribution in [1.82, 2.24) is 5.32 Å². The number of aliphatic imine (C=N–C) groups is 1. The van der Waals surface area contributed by atoms with Crippen LogP contribution in [0.15, 0.2) is 59.6 Å².